The summed E-state index contributed by atoms with van der Waals surface area (Å²) in [6, 6.07) is 11.6. The predicted octanol–water partition coefficient (Wildman–Crippen LogP) is 6.59. The van der Waals surface area contributed by atoms with Crippen LogP contribution >= 0.6 is 23.2 Å². The van der Waals surface area contributed by atoms with E-state index in [1.165, 1.54) is 6.07 Å². The molecule has 4 rings (SSSR count). The number of nitrogens with one attached hydrogen (secondary N) is 2. The molecule has 2 aromatic heterocycles. The Morgan fingerprint density at radius 3 is 2.45 bits per heavy atom. The smallest absolute Gasteiger partial charge is 0.288 e. The van der Waals surface area contributed by atoms with E-state index in [-0.39, 0.29) is 12.5 Å². The van der Waals surface area contributed by atoms with Crippen LogP contribution in [0.2, 0.25) is 10.0 Å². The molecule has 0 unspecified atom stereocenters. The van der Waals surface area contributed by atoms with Crippen LogP contribution in [0.25, 0.3) is 22.5 Å². The van der Waals surface area contributed by atoms with E-state index in [2.05, 4.69) is 31.0 Å². The molecule has 0 radical (unpaired) electrons. The Kier molecular flexibility index (Phi) is 7.98. The number of hydrogen-bond donors (Lipinski definition) is 2. The topological polar surface area (TPSA) is 101 Å². The number of anilines is 1. The second-order valence-corrected chi connectivity index (χ2v) is 9.23. The van der Waals surface area contributed by atoms with Gasteiger partial charge in [-0.15, -0.1) is 5.10 Å². The molecule has 0 aliphatic heterocycles. The highest BCUT2D eigenvalue weighted by molar-refractivity contribution is 6.35. The van der Waals surface area contributed by atoms with Gasteiger partial charge in [-0.3, -0.25) is 14.8 Å². The van der Waals surface area contributed by atoms with E-state index in [4.69, 9.17) is 23.2 Å². The minimum atomic E-state index is -4.48. The summed E-state index contributed by atoms with van der Waals surface area (Å²) in [4.78, 5) is 12.3. The van der Waals surface area contributed by atoms with Gasteiger partial charge in [0.05, 0.1) is 23.5 Å². The first-order chi connectivity index (χ1) is 18.0. The van der Waals surface area contributed by atoms with Crippen molar-refractivity contribution < 1.29 is 18.0 Å². The van der Waals surface area contributed by atoms with Crippen LogP contribution in [0.4, 0.5) is 19.1 Å². The van der Waals surface area contributed by atoms with Gasteiger partial charge in [0.25, 0.3) is 11.9 Å². The van der Waals surface area contributed by atoms with Gasteiger partial charge in [-0.25, -0.2) is 0 Å². The van der Waals surface area contributed by atoms with E-state index >= 15 is 0 Å². The molecule has 8 nitrogen and oxygen atoms in total. The van der Waals surface area contributed by atoms with Crippen molar-refractivity contribution in [1.82, 2.24) is 30.4 Å². The standard InChI is InChI=1S/C25H20Cl2F3N7O/c1-14(6-7-15(2)23(38)31-24-32-35-36-33-24)13-37-22(17-9-19(26)11-20(27)10-17)12-21(34-37)16-4-3-5-18(8-16)25(28,29)30/h3-12H,13H2,1-2H3,(H2,31,32,33,35,36,38)/b14-6+,15-7+. The highest BCUT2D eigenvalue weighted by Gasteiger charge is 2.30. The van der Waals surface area contributed by atoms with Crippen molar-refractivity contribution in [2.45, 2.75) is 26.6 Å². The largest absolute Gasteiger partial charge is 0.416 e. The maximum Gasteiger partial charge on any atom is 0.416 e. The molecule has 2 aromatic carbocycles. The molecular weight excluding hydrogens is 542 g/mol. The Balaban J connectivity index is 1.67. The van der Waals surface area contributed by atoms with Crippen molar-refractivity contribution in [2.75, 3.05) is 5.32 Å². The fourth-order valence-corrected chi connectivity index (χ4v) is 4.04. The van der Waals surface area contributed by atoms with Gasteiger partial charge in [0.1, 0.15) is 0 Å². The van der Waals surface area contributed by atoms with Crippen LogP contribution in [0.3, 0.4) is 0 Å². The number of rotatable bonds is 7. The van der Waals surface area contributed by atoms with Gasteiger partial charge in [-0.2, -0.15) is 23.5 Å². The van der Waals surface area contributed by atoms with Gasteiger partial charge < -0.3 is 0 Å². The number of alkyl halides is 3. The maximum absolute atomic E-state index is 13.3. The summed E-state index contributed by atoms with van der Waals surface area (Å²) in [5, 5.41) is 20.9. The number of carbonyl (C=O) groups excluding carboxylic acids is 1. The van der Waals surface area contributed by atoms with Crippen LogP contribution in [0.15, 0.2) is 71.8 Å². The Morgan fingerprint density at radius 2 is 1.79 bits per heavy atom. The third kappa shape index (κ3) is 6.67. The number of amides is 1. The van der Waals surface area contributed by atoms with Crippen molar-refractivity contribution in [1.29, 1.82) is 0 Å². The summed E-state index contributed by atoms with van der Waals surface area (Å²) in [6.45, 7) is 3.73. The van der Waals surface area contributed by atoms with Crippen LogP contribution < -0.4 is 5.32 Å². The molecule has 0 saturated heterocycles. The number of hydrogen-bond acceptors (Lipinski definition) is 5. The first kappa shape index (κ1) is 27.1. The second-order valence-electron chi connectivity index (χ2n) is 8.36. The molecule has 4 aromatic rings. The minimum absolute atomic E-state index is 0.0481. The quantitative estimate of drug-likeness (QED) is 0.196. The second kappa shape index (κ2) is 11.2. The molecule has 0 saturated carbocycles. The highest BCUT2D eigenvalue weighted by atomic mass is 35.5. The number of H-pyrrole nitrogens is 1. The summed E-state index contributed by atoms with van der Waals surface area (Å²) < 4.78 is 41.5. The van der Waals surface area contributed by atoms with Gasteiger partial charge in [-0.05, 0) is 55.5 Å². The first-order valence-corrected chi connectivity index (χ1v) is 11.9. The number of halogens is 5. The fraction of sp³-hybridized carbons (Fsp3) is 0.160. The summed E-state index contributed by atoms with van der Waals surface area (Å²) in [5.74, 6) is -0.359. The molecule has 0 aliphatic carbocycles. The van der Waals surface area contributed by atoms with Crippen molar-refractivity contribution in [3.05, 3.63) is 87.4 Å². The average molecular weight is 562 g/mol. The molecule has 0 fully saturated rings. The van der Waals surface area contributed by atoms with Gasteiger partial charge in [-0.1, -0.05) is 58.2 Å². The van der Waals surface area contributed by atoms with Crippen molar-refractivity contribution in [3.8, 4) is 22.5 Å². The van der Waals surface area contributed by atoms with Gasteiger partial charge in [0, 0.05) is 26.7 Å². The van der Waals surface area contributed by atoms with E-state index in [1.54, 1.807) is 54.1 Å². The molecule has 0 atom stereocenters. The molecule has 38 heavy (non-hydrogen) atoms. The van der Waals surface area contributed by atoms with E-state index in [0.717, 1.165) is 17.7 Å². The number of carbonyl (C=O) groups is 1. The van der Waals surface area contributed by atoms with E-state index in [1.807, 2.05) is 6.92 Å². The van der Waals surface area contributed by atoms with Crippen LogP contribution in [0.1, 0.15) is 19.4 Å². The Hall–Kier alpha value is -3.96. The Morgan fingerprint density at radius 1 is 1.05 bits per heavy atom. The average Bonchev–Trinajstić information content (AvgIpc) is 3.51. The summed E-state index contributed by atoms with van der Waals surface area (Å²) in [5.41, 5.74) is 2.33. The zero-order chi connectivity index (χ0) is 27.4. The highest BCUT2D eigenvalue weighted by Crippen LogP contribution is 2.34. The lowest BCUT2D eigenvalue weighted by molar-refractivity contribution is -0.137. The maximum atomic E-state index is 13.3. The lowest BCUT2D eigenvalue weighted by atomic mass is 10.1. The van der Waals surface area contributed by atoms with E-state index in [9.17, 15) is 18.0 Å². The summed E-state index contributed by atoms with van der Waals surface area (Å²) >= 11 is 12.4. The van der Waals surface area contributed by atoms with Gasteiger partial charge >= 0.3 is 6.18 Å². The molecule has 0 spiro atoms. The molecule has 0 bridgehead atoms. The van der Waals surface area contributed by atoms with Crippen LogP contribution in [-0.2, 0) is 17.5 Å². The van der Waals surface area contributed by atoms with Crippen molar-refractivity contribution in [2.24, 2.45) is 0 Å². The lowest BCUT2D eigenvalue weighted by Crippen LogP contribution is -2.13. The van der Waals surface area contributed by atoms with Gasteiger partial charge in [0.15, 0.2) is 0 Å². The Labute approximate surface area is 225 Å². The zero-order valence-corrected chi connectivity index (χ0v) is 21.5. The summed E-state index contributed by atoms with van der Waals surface area (Å²) in [6.07, 6.45) is -1.12. The van der Waals surface area contributed by atoms with E-state index in [0.29, 0.717) is 38.1 Å². The first-order valence-electron chi connectivity index (χ1n) is 11.1. The SMILES string of the molecule is C/C(=C\C=C(/C)C(=O)Nc1nn[nH]n1)Cn1nc(-c2cccc(C(F)(F)F)c2)cc1-c1cc(Cl)cc(Cl)c1. The fourth-order valence-electron chi connectivity index (χ4n) is 3.51. The number of nitrogens with zero attached hydrogens (tertiary/aromatic N) is 5. The van der Waals surface area contributed by atoms with Crippen LogP contribution in [-0.4, -0.2) is 36.3 Å². The number of aromatic nitrogens is 6. The molecule has 2 N–H and O–H groups in total. The molecule has 0 aliphatic rings. The van der Waals surface area contributed by atoms with Crippen molar-refractivity contribution in [3.63, 3.8) is 0 Å². The predicted molar refractivity (Wildman–Crippen MR) is 138 cm³/mol. The van der Waals surface area contributed by atoms with Crippen LogP contribution in [0, 0.1) is 0 Å². The van der Waals surface area contributed by atoms with Gasteiger partial charge in [0.2, 0.25) is 0 Å². The third-order valence-electron chi connectivity index (χ3n) is 5.37. The number of benzene rings is 2. The molecule has 196 valence electrons. The number of aromatic amines is 1. The minimum Gasteiger partial charge on any atom is -0.288 e. The van der Waals surface area contributed by atoms with Crippen molar-refractivity contribution >= 4 is 35.1 Å². The monoisotopic (exact) mass is 561 g/mol. The molecule has 13 heteroatoms. The third-order valence-corrected chi connectivity index (χ3v) is 5.81. The number of tetrazole rings is 1. The molecule has 1 amide bonds. The van der Waals surface area contributed by atoms with Crippen LogP contribution in [0.5, 0.6) is 0 Å². The summed E-state index contributed by atoms with van der Waals surface area (Å²) in [7, 11) is 0. The Bertz CT molecular complexity index is 1510. The van der Waals surface area contributed by atoms with E-state index < -0.39 is 17.6 Å². The molecule has 2 heterocycles. The molecular formula is C25H20Cl2F3N7O. The lowest BCUT2D eigenvalue weighted by Gasteiger charge is -2.09. The zero-order valence-electron chi connectivity index (χ0n) is 20.0. The number of allylic oxidation sites excluding steroid dienone is 3. The normalized spacial score (nSPS) is 12.6.